The molecule has 0 unspecified atom stereocenters. The maximum Gasteiger partial charge on any atom is 0.170 e. The van der Waals surface area contributed by atoms with E-state index in [4.69, 9.17) is 11.6 Å². The number of carbonyl (C=O) groups excluding carboxylic acids is 1. The molecule has 0 spiro atoms. The Morgan fingerprint density at radius 2 is 2.15 bits per heavy atom. The van der Waals surface area contributed by atoms with Crippen LogP contribution in [0, 0.1) is 5.41 Å². The molecule has 0 radical (unpaired) electrons. The lowest BCUT2D eigenvalue weighted by Crippen LogP contribution is -2.18. The van der Waals surface area contributed by atoms with Gasteiger partial charge in [0, 0.05) is 17.4 Å². The lowest BCUT2D eigenvalue weighted by molar-refractivity contribution is 0.0863. The molecule has 0 bridgehead atoms. The van der Waals surface area contributed by atoms with Crippen LogP contribution in [0.4, 0.5) is 0 Å². The molecule has 68 valence electrons. The first kappa shape index (κ1) is 8.70. The second kappa shape index (κ2) is 2.55. The fourth-order valence-electron chi connectivity index (χ4n) is 1.68. The fourth-order valence-corrected chi connectivity index (χ4v) is 1.84. The Balaban J connectivity index is 2.57. The Hall–Kier alpha value is -0.890. The van der Waals surface area contributed by atoms with E-state index in [0.29, 0.717) is 11.6 Å². The van der Waals surface area contributed by atoms with Crippen LogP contribution in [0.2, 0.25) is 5.15 Å². The van der Waals surface area contributed by atoms with Gasteiger partial charge in [0.2, 0.25) is 0 Å². The second-order valence-electron chi connectivity index (χ2n) is 4.02. The van der Waals surface area contributed by atoms with Gasteiger partial charge in [-0.25, -0.2) is 4.98 Å². The van der Waals surface area contributed by atoms with Gasteiger partial charge in [0.25, 0.3) is 0 Å². The number of ketones is 1. The third-order valence-corrected chi connectivity index (χ3v) is 2.62. The van der Waals surface area contributed by atoms with Gasteiger partial charge in [-0.2, -0.15) is 0 Å². The average molecular weight is 196 g/mol. The first-order chi connectivity index (χ1) is 6.00. The molecule has 0 aliphatic heterocycles. The molecule has 2 rings (SSSR count). The van der Waals surface area contributed by atoms with E-state index in [1.807, 2.05) is 13.8 Å². The van der Waals surface area contributed by atoms with Crippen molar-refractivity contribution in [2.45, 2.75) is 20.3 Å². The topological polar surface area (TPSA) is 30.0 Å². The van der Waals surface area contributed by atoms with Crippen LogP contribution in [0.5, 0.6) is 0 Å². The molecule has 2 nitrogen and oxygen atoms in total. The predicted octanol–water partition coefficient (Wildman–Crippen LogP) is 2.50. The summed E-state index contributed by atoms with van der Waals surface area (Å²) in [6.07, 6.45) is 0.696. The summed E-state index contributed by atoms with van der Waals surface area (Å²) in [7, 11) is 0. The van der Waals surface area contributed by atoms with Gasteiger partial charge in [-0.05, 0) is 12.1 Å². The number of Topliss-reactive ketones (excluding diaryl/α,β-unsaturated/α-hetero) is 1. The first-order valence-corrected chi connectivity index (χ1v) is 4.59. The molecule has 0 amide bonds. The average Bonchev–Trinajstić information content (AvgIpc) is 2.22. The standard InChI is InChI=1S/C10H10ClNO/c1-10(2)5-7-6(9(10)13)3-4-8(11)12-7/h3-4H,5H2,1-2H3. The number of pyridine rings is 1. The Morgan fingerprint density at radius 1 is 1.46 bits per heavy atom. The van der Waals surface area contributed by atoms with Gasteiger partial charge in [0.1, 0.15) is 5.15 Å². The summed E-state index contributed by atoms with van der Waals surface area (Å²) in [5.41, 5.74) is 1.26. The Morgan fingerprint density at radius 3 is 2.85 bits per heavy atom. The summed E-state index contributed by atoms with van der Waals surface area (Å²) in [4.78, 5) is 15.9. The minimum atomic E-state index is -0.306. The van der Waals surface area contributed by atoms with Crippen molar-refractivity contribution in [1.82, 2.24) is 4.98 Å². The summed E-state index contributed by atoms with van der Waals surface area (Å²) in [5.74, 6) is 0.173. The van der Waals surface area contributed by atoms with E-state index in [1.165, 1.54) is 0 Å². The highest BCUT2D eigenvalue weighted by Crippen LogP contribution is 2.35. The minimum Gasteiger partial charge on any atom is -0.293 e. The maximum atomic E-state index is 11.7. The van der Waals surface area contributed by atoms with E-state index >= 15 is 0 Å². The molecule has 1 aliphatic carbocycles. The summed E-state index contributed by atoms with van der Waals surface area (Å²) >= 11 is 5.74. The van der Waals surface area contributed by atoms with Crippen LogP contribution in [0.1, 0.15) is 29.9 Å². The van der Waals surface area contributed by atoms with Crippen LogP contribution >= 0.6 is 11.6 Å². The molecule has 13 heavy (non-hydrogen) atoms. The Kier molecular flexibility index (Phi) is 1.70. The SMILES string of the molecule is CC1(C)Cc2nc(Cl)ccc2C1=O. The highest BCUT2D eigenvalue weighted by atomic mass is 35.5. The number of nitrogens with zero attached hydrogens (tertiary/aromatic N) is 1. The van der Waals surface area contributed by atoms with Crippen molar-refractivity contribution >= 4 is 17.4 Å². The Labute approximate surface area is 81.9 Å². The fraction of sp³-hybridized carbons (Fsp3) is 0.400. The zero-order valence-electron chi connectivity index (χ0n) is 7.60. The largest absolute Gasteiger partial charge is 0.293 e. The van der Waals surface area contributed by atoms with Gasteiger partial charge in [-0.3, -0.25) is 4.79 Å². The van der Waals surface area contributed by atoms with Crippen molar-refractivity contribution in [3.8, 4) is 0 Å². The van der Waals surface area contributed by atoms with E-state index in [-0.39, 0.29) is 11.2 Å². The van der Waals surface area contributed by atoms with Crippen LogP contribution in [0.25, 0.3) is 0 Å². The van der Waals surface area contributed by atoms with Gasteiger partial charge < -0.3 is 0 Å². The molecule has 0 N–H and O–H groups in total. The zero-order valence-corrected chi connectivity index (χ0v) is 8.35. The van der Waals surface area contributed by atoms with Crippen molar-refractivity contribution in [1.29, 1.82) is 0 Å². The molecular weight excluding hydrogens is 186 g/mol. The minimum absolute atomic E-state index is 0.173. The molecule has 1 heterocycles. The van der Waals surface area contributed by atoms with Crippen LogP contribution in [0.15, 0.2) is 12.1 Å². The summed E-state index contributed by atoms with van der Waals surface area (Å²) in [6.45, 7) is 3.87. The van der Waals surface area contributed by atoms with Crippen molar-refractivity contribution in [2.24, 2.45) is 5.41 Å². The summed E-state index contributed by atoms with van der Waals surface area (Å²) in [5, 5.41) is 0.462. The molecule has 1 aromatic heterocycles. The molecule has 0 saturated carbocycles. The van der Waals surface area contributed by atoms with Crippen molar-refractivity contribution < 1.29 is 4.79 Å². The van der Waals surface area contributed by atoms with Crippen LogP contribution < -0.4 is 0 Å². The van der Waals surface area contributed by atoms with E-state index in [9.17, 15) is 4.79 Å². The second-order valence-corrected chi connectivity index (χ2v) is 4.41. The predicted molar refractivity (Wildman–Crippen MR) is 51.1 cm³/mol. The third kappa shape index (κ3) is 1.25. The number of carbonyl (C=O) groups is 1. The number of fused-ring (bicyclic) bond motifs is 1. The van der Waals surface area contributed by atoms with Crippen molar-refractivity contribution in [3.05, 3.63) is 28.5 Å². The number of hydrogen-bond donors (Lipinski definition) is 0. The van der Waals surface area contributed by atoms with Crippen molar-refractivity contribution in [3.63, 3.8) is 0 Å². The van der Waals surface area contributed by atoms with E-state index in [2.05, 4.69) is 4.98 Å². The van der Waals surface area contributed by atoms with Crippen LogP contribution in [-0.4, -0.2) is 10.8 Å². The van der Waals surface area contributed by atoms with E-state index in [1.54, 1.807) is 12.1 Å². The summed E-state index contributed by atoms with van der Waals surface area (Å²) in [6, 6.07) is 3.43. The Bertz CT molecular complexity index is 385. The monoisotopic (exact) mass is 195 g/mol. The molecule has 0 aromatic carbocycles. The highest BCUT2D eigenvalue weighted by molar-refractivity contribution is 6.29. The van der Waals surface area contributed by atoms with Crippen LogP contribution in [0.3, 0.4) is 0 Å². The number of hydrogen-bond acceptors (Lipinski definition) is 2. The lowest BCUT2D eigenvalue weighted by Gasteiger charge is -2.12. The third-order valence-electron chi connectivity index (χ3n) is 2.41. The highest BCUT2D eigenvalue weighted by Gasteiger charge is 2.38. The van der Waals surface area contributed by atoms with Crippen LogP contribution in [-0.2, 0) is 6.42 Å². The molecule has 1 aliphatic rings. The zero-order chi connectivity index (χ0) is 9.64. The quantitative estimate of drug-likeness (QED) is 0.596. The number of aromatic nitrogens is 1. The van der Waals surface area contributed by atoms with Gasteiger partial charge in [0.15, 0.2) is 5.78 Å². The normalized spacial score (nSPS) is 18.8. The first-order valence-electron chi connectivity index (χ1n) is 4.21. The summed E-state index contributed by atoms with van der Waals surface area (Å²) < 4.78 is 0. The number of halogens is 1. The molecule has 0 fully saturated rings. The van der Waals surface area contributed by atoms with Crippen molar-refractivity contribution in [2.75, 3.05) is 0 Å². The molecule has 0 atom stereocenters. The molecule has 1 aromatic rings. The molecule has 3 heteroatoms. The van der Waals surface area contributed by atoms with Gasteiger partial charge in [-0.15, -0.1) is 0 Å². The van der Waals surface area contributed by atoms with Gasteiger partial charge in [0.05, 0.1) is 5.69 Å². The lowest BCUT2D eigenvalue weighted by atomic mass is 9.89. The van der Waals surface area contributed by atoms with Gasteiger partial charge in [-0.1, -0.05) is 25.4 Å². The number of rotatable bonds is 0. The van der Waals surface area contributed by atoms with E-state index in [0.717, 1.165) is 11.3 Å². The smallest absolute Gasteiger partial charge is 0.170 e. The van der Waals surface area contributed by atoms with E-state index < -0.39 is 0 Å². The molecular formula is C10H10ClNO. The van der Waals surface area contributed by atoms with Gasteiger partial charge >= 0.3 is 0 Å². The maximum absolute atomic E-state index is 11.7. The molecule has 0 saturated heterocycles.